The van der Waals surface area contributed by atoms with Gasteiger partial charge in [-0.25, -0.2) is 9.97 Å². The van der Waals surface area contributed by atoms with Crippen LogP contribution in [-0.4, -0.2) is 27.4 Å². The molecule has 78 valence electrons. The van der Waals surface area contributed by atoms with Crippen LogP contribution in [0, 0.1) is 0 Å². The number of unbranched alkanes of at least 4 members (excludes halogenated alkanes) is 3. The Labute approximate surface area is 89.0 Å². The van der Waals surface area contributed by atoms with E-state index < -0.39 is 0 Å². The lowest BCUT2D eigenvalue weighted by molar-refractivity contribution is 0.283. The number of aliphatic hydroxyl groups excluding tert-OH is 1. The van der Waals surface area contributed by atoms with Crippen LogP contribution in [0.4, 0.5) is 0 Å². The molecule has 0 saturated heterocycles. The number of aromatic nitrogens is 2. The summed E-state index contributed by atoms with van der Waals surface area (Å²) in [4.78, 5) is 7.99. The van der Waals surface area contributed by atoms with E-state index in [1.807, 2.05) is 6.07 Å². The number of rotatable bonds is 7. The zero-order chi connectivity index (χ0) is 10.1. The van der Waals surface area contributed by atoms with Crippen molar-refractivity contribution in [3.05, 3.63) is 18.6 Å². The molecule has 0 atom stereocenters. The Bertz CT molecular complexity index is 231. The second-order valence-corrected chi connectivity index (χ2v) is 4.15. The molecule has 1 N–H and O–H groups in total. The second kappa shape index (κ2) is 7.76. The Kier molecular flexibility index (Phi) is 6.36. The predicted molar refractivity (Wildman–Crippen MR) is 58.3 cm³/mol. The van der Waals surface area contributed by atoms with Crippen LogP contribution in [0.2, 0.25) is 0 Å². The summed E-state index contributed by atoms with van der Waals surface area (Å²) in [6.45, 7) is 0.319. The molecule has 1 aromatic heterocycles. The fourth-order valence-corrected chi connectivity index (χ4v) is 1.94. The van der Waals surface area contributed by atoms with Crippen molar-refractivity contribution in [1.82, 2.24) is 9.97 Å². The number of nitrogens with zero attached hydrogens (tertiary/aromatic N) is 2. The van der Waals surface area contributed by atoms with Crippen LogP contribution in [0.3, 0.4) is 0 Å². The van der Waals surface area contributed by atoms with Gasteiger partial charge in [0.15, 0.2) is 0 Å². The summed E-state index contributed by atoms with van der Waals surface area (Å²) in [6.07, 6.45) is 7.78. The molecule has 0 radical (unpaired) electrons. The lowest BCUT2D eigenvalue weighted by Crippen LogP contribution is -1.86. The highest BCUT2D eigenvalue weighted by Crippen LogP contribution is 2.15. The number of thioether (sulfide) groups is 1. The summed E-state index contributed by atoms with van der Waals surface area (Å²) >= 11 is 1.76. The van der Waals surface area contributed by atoms with Crippen molar-refractivity contribution in [2.45, 2.75) is 30.7 Å². The zero-order valence-electron chi connectivity index (χ0n) is 8.22. The number of hydrogen-bond donors (Lipinski definition) is 1. The molecule has 0 spiro atoms. The van der Waals surface area contributed by atoms with Crippen molar-refractivity contribution < 1.29 is 5.11 Å². The van der Waals surface area contributed by atoms with E-state index in [-0.39, 0.29) is 0 Å². The topological polar surface area (TPSA) is 46.0 Å². The monoisotopic (exact) mass is 212 g/mol. The van der Waals surface area contributed by atoms with Gasteiger partial charge in [0.1, 0.15) is 6.33 Å². The molecule has 0 bridgehead atoms. The van der Waals surface area contributed by atoms with E-state index in [2.05, 4.69) is 9.97 Å². The van der Waals surface area contributed by atoms with Gasteiger partial charge in [-0.3, -0.25) is 0 Å². The Morgan fingerprint density at radius 2 is 2.07 bits per heavy atom. The van der Waals surface area contributed by atoms with Crippen molar-refractivity contribution in [1.29, 1.82) is 0 Å². The van der Waals surface area contributed by atoms with Crippen LogP contribution < -0.4 is 0 Å². The van der Waals surface area contributed by atoms with E-state index in [0.717, 1.165) is 23.6 Å². The molecule has 0 aliphatic carbocycles. The second-order valence-electron chi connectivity index (χ2n) is 3.03. The lowest BCUT2D eigenvalue weighted by atomic mass is 10.2. The molecule has 1 aromatic rings. The van der Waals surface area contributed by atoms with Crippen LogP contribution in [0.1, 0.15) is 25.7 Å². The molecule has 0 fully saturated rings. The Morgan fingerprint density at radius 1 is 1.21 bits per heavy atom. The summed E-state index contributed by atoms with van der Waals surface area (Å²) in [6, 6.07) is 1.93. The van der Waals surface area contributed by atoms with E-state index in [4.69, 9.17) is 5.11 Å². The first-order valence-corrected chi connectivity index (χ1v) is 5.91. The minimum Gasteiger partial charge on any atom is -0.396 e. The summed E-state index contributed by atoms with van der Waals surface area (Å²) in [5.41, 5.74) is 0. The van der Waals surface area contributed by atoms with Gasteiger partial charge in [-0.2, -0.15) is 0 Å². The molecule has 0 saturated carbocycles. The van der Waals surface area contributed by atoms with Gasteiger partial charge < -0.3 is 5.11 Å². The molecule has 4 heteroatoms. The maximum absolute atomic E-state index is 8.58. The summed E-state index contributed by atoms with van der Waals surface area (Å²) in [5, 5.41) is 9.62. The van der Waals surface area contributed by atoms with E-state index in [0.29, 0.717) is 6.61 Å². The van der Waals surface area contributed by atoms with E-state index >= 15 is 0 Å². The fraction of sp³-hybridized carbons (Fsp3) is 0.600. The molecule has 0 aromatic carbocycles. The highest BCUT2D eigenvalue weighted by Gasteiger charge is 1.94. The van der Waals surface area contributed by atoms with Crippen molar-refractivity contribution >= 4 is 11.8 Å². The quantitative estimate of drug-likeness (QED) is 0.427. The molecule has 14 heavy (non-hydrogen) atoms. The van der Waals surface area contributed by atoms with Gasteiger partial charge in [0, 0.05) is 12.8 Å². The van der Waals surface area contributed by atoms with Crippen LogP contribution in [0.5, 0.6) is 0 Å². The van der Waals surface area contributed by atoms with Crippen LogP contribution in [-0.2, 0) is 0 Å². The predicted octanol–water partition coefficient (Wildman–Crippen LogP) is 2.12. The fourth-order valence-electron chi connectivity index (χ4n) is 1.11. The Morgan fingerprint density at radius 3 is 2.79 bits per heavy atom. The SMILES string of the molecule is OCCCCCCSc1ccncn1. The number of aliphatic hydroxyl groups is 1. The van der Waals surface area contributed by atoms with Crippen molar-refractivity contribution in [3.63, 3.8) is 0 Å². The molecule has 0 unspecified atom stereocenters. The molecule has 0 aliphatic rings. The molecular formula is C10H16N2OS. The first kappa shape index (κ1) is 11.5. The van der Waals surface area contributed by atoms with Crippen molar-refractivity contribution in [2.75, 3.05) is 12.4 Å². The third-order valence-corrected chi connectivity index (χ3v) is 2.89. The molecule has 1 heterocycles. The summed E-state index contributed by atoms with van der Waals surface area (Å²) < 4.78 is 0. The molecule has 0 aliphatic heterocycles. The average molecular weight is 212 g/mol. The average Bonchev–Trinajstić information content (AvgIpc) is 2.25. The van der Waals surface area contributed by atoms with Gasteiger partial charge in [-0.1, -0.05) is 12.8 Å². The summed E-state index contributed by atoms with van der Waals surface area (Å²) in [5.74, 6) is 1.10. The zero-order valence-corrected chi connectivity index (χ0v) is 9.04. The van der Waals surface area contributed by atoms with E-state index in [1.165, 1.54) is 12.8 Å². The highest BCUT2D eigenvalue weighted by atomic mass is 32.2. The lowest BCUT2D eigenvalue weighted by Gasteiger charge is -1.99. The van der Waals surface area contributed by atoms with Gasteiger partial charge in [-0.05, 0) is 24.7 Å². The smallest absolute Gasteiger partial charge is 0.116 e. The maximum atomic E-state index is 8.58. The third kappa shape index (κ3) is 5.19. The number of hydrogen-bond acceptors (Lipinski definition) is 4. The first-order valence-electron chi connectivity index (χ1n) is 4.93. The largest absolute Gasteiger partial charge is 0.396 e. The van der Waals surface area contributed by atoms with Crippen LogP contribution in [0.15, 0.2) is 23.6 Å². The molecule has 3 nitrogen and oxygen atoms in total. The van der Waals surface area contributed by atoms with Gasteiger partial charge >= 0.3 is 0 Å². The van der Waals surface area contributed by atoms with E-state index in [9.17, 15) is 0 Å². The van der Waals surface area contributed by atoms with Gasteiger partial charge in [0.25, 0.3) is 0 Å². The highest BCUT2D eigenvalue weighted by molar-refractivity contribution is 7.99. The van der Waals surface area contributed by atoms with Gasteiger partial charge in [-0.15, -0.1) is 11.8 Å². The Balaban J connectivity index is 1.99. The van der Waals surface area contributed by atoms with E-state index in [1.54, 1.807) is 24.3 Å². The molecule has 1 rings (SSSR count). The minimum absolute atomic E-state index is 0.319. The summed E-state index contributed by atoms with van der Waals surface area (Å²) in [7, 11) is 0. The molecular weight excluding hydrogens is 196 g/mol. The van der Waals surface area contributed by atoms with Gasteiger partial charge in [0.05, 0.1) is 5.03 Å². The Hall–Kier alpha value is -0.610. The van der Waals surface area contributed by atoms with Crippen LogP contribution in [0.25, 0.3) is 0 Å². The van der Waals surface area contributed by atoms with Gasteiger partial charge in [0.2, 0.25) is 0 Å². The van der Waals surface area contributed by atoms with Crippen LogP contribution >= 0.6 is 11.8 Å². The first-order chi connectivity index (χ1) is 6.93. The molecule has 0 amide bonds. The minimum atomic E-state index is 0.319. The standard InChI is InChI=1S/C10H16N2OS/c13-7-3-1-2-4-8-14-10-5-6-11-9-12-10/h5-6,9,13H,1-4,7-8H2. The van der Waals surface area contributed by atoms with Crippen molar-refractivity contribution in [3.8, 4) is 0 Å². The maximum Gasteiger partial charge on any atom is 0.116 e. The van der Waals surface area contributed by atoms with Crippen molar-refractivity contribution in [2.24, 2.45) is 0 Å². The normalized spacial score (nSPS) is 10.4. The third-order valence-electron chi connectivity index (χ3n) is 1.86.